The molecule has 0 bridgehead atoms. The number of hydrogen-bond acceptors (Lipinski definition) is 2. The summed E-state index contributed by atoms with van der Waals surface area (Å²) in [5.41, 5.74) is 4.04. The van der Waals surface area contributed by atoms with Crippen molar-refractivity contribution in [1.29, 1.82) is 0 Å². The van der Waals surface area contributed by atoms with Crippen LogP contribution in [0.1, 0.15) is 0 Å². The number of carbonyl (C=O) groups excluding carboxylic acids is 2. The van der Waals surface area contributed by atoms with E-state index in [1.54, 1.807) is 22.9 Å². The number of nitrogens with one attached hydrogen (secondary N) is 1. The second-order valence-electron chi connectivity index (χ2n) is 0.314. The molecule has 0 aromatic carbocycles. The van der Waals surface area contributed by atoms with Crippen molar-refractivity contribution in [3.63, 3.8) is 0 Å². The van der Waals surface area contributed by atoms with Crippen molar-refractivity contribution in [3.05, 3.63) is 0 Å². The van der Waals surface area contributed by atoms with Gasteiger partial charge in [0.25, 0.3) is 0 Å². The normalized spacial score (nSPS) is 4.12. The van der Waals surface area contributed by atoms with Gasteiger partial charge in [-0.3, -0.25) is 0 Å². The molecule has 0 aliphatic rings. The van der Waals surface area contributed by atoms with E-state index in [2.05, 4.69) is 9.26 Å². The molecule has 1 radical (unpaired) electrons. The van der Waals surface area contributed by atoms with E-state index in [4.69, 9.17) is 9.59 Å². The van der Waals surface area contributed by atoms with Crippen molar-refractivity contribution >= 4 is 35.7 Å². The SMILES string of the molecule is N[C-]=O.O=[C-]NI.[Re]. The van der Waals surface area contributed by atoms with Crippen molar-refractivity contribution in [1.82, 2.24) is 3.53 Å². The fourth-order valence-electron chi connectivity index (χ4n) is 0. The summed E-state index contributed by atoms with van der Waals surface area (Å²) < 4.78 is 2.09. The fourth-order valence-corrected chi connectivity index (χ4v) is 0. The van der Waals surface area contributed by atoms with Gasteiger partial charge in [0, 0.05) is 43.3 Å². The number of primary amides is 1. The second-order valence-corrected chi connectivity index (χ2v) is 0.854. The Morgan fingerprint density at radius 2 is 1.62 bits per heavy atom. The number of halogens is 1. The summed E-state index contributed by atoms with van der Waals surface area (Å²) >= 11 is 1.68. The van der Waals surface area contributed by atoms with Crippen LogP contribution in [0.5, 0.6) is 0 Å². The Morgan fingerprint density at radius 3 is 1.62 bits per heavy atom. The molecule has 0 heterocycles. The van der Waals surface area contributed by atoms with E-state index < -0.39 is 0 Å². The van der Waals surface area contributed by atoms with Gasteiger partial charge in [-0.1, -0.05) is 0 Å². The van der Waals surface area contributed by atoms with Crippen molar-refractivity contribution in [2.75, 3.05) is 0 Å². The van der Waals surface area contributed by atoms with E-state index in [0.717, 1.165) is 6.41 Å². The molecule has 0 spiro atoms. The van der Waals surface area contributed by atoms with E-state index in [1.165, 1.54) is 6.41 Å². The summed E-state index contributed by atoms with van der Waals surface area (Å²) in [5, 5.41) is 0. The molecule has 0 fully saturated rings. The summed E-state index contributed by atoms with van der Waals surface area (Å²) in [6.45, 7) is 0. The first kappa shape index (κ1) is 15.8. The van der Waals surface area contributed by atoms with Gasteiger partial charge in [-0.2, -0.15) is 12.8 Å². The number of nitrogens with two attached hydrogens (primary N) is 1. The molecular formula is C2H3IN2O2Re-2. The van der Waals surface area contributed by atoms with Gasteiger partial charge in [0.05, 0.1) is 0 Å². The first-order valence-electron chi connectivity index (χ1n) is 1.14. The van der Waals surface area contributed by atoms with E-state index in [9.17, 15) is 0 Å². The molecule has 0 unspecified atom stereocenters. The van der Waals surface area contributed by atoms with Crippen LogP contribution in [0.4, 0.5) is 0 Å². The van der Waals surface area contributed by atoms with Gasteiger partial charge in [-0.05, 0) is 0 Å². The zero-order valence-electron chi connectivity index (χ0n) is 3.65. The quantitative estimate of drug-likeness (QED) is 0.257. The summed E-state index contributed by atoms with van der Waals surface area (Å²) in [7, 11) is 0. The molecular weight excluding hydrogens is 397 g/mol. The first-order chi connectivity index (χ1) is 3.33. The zero-order valence-corrected chi connectivity index (χ0v) is 8.52. The van der Waals surface area contributed by atoms with Crippen molar-refractivity contribution in [2.45, 2.75) is 0 Å². The molecule has 6 heteroatoms. The summed E-state index contributed by atoms with van der Waals surface area (Å²) in [5.74, 6) is 0. The Balaban J connectivity index is -0.0000000575. The van der Waals surface area contributed by atoms with Crippen LogP contribution in [0, 0.1) is 0 Å². The monoisotopic (exact) mass is 401 g/mol. The minimum absolute atomic E-state index is 0. The number of hydrogen-bond donors (Lipinski definition) is 2. The Labute approximate surface area is 74.7 Å². The van der Waals surface area contributed by atoms with Gasteiger partial charge in [0.2, 0.25) is 0 Å². The van der Waals surface area contributed by atoms with Crippen molar-refractivity contribution in [3.8, 4) is 0 Å². The molecule has 0 saturated heterocycles. The maximum absolute atomic E-state index is 8.93. The largest absolute Gasteiger partial charge is 0.543 e. The molecule has 0 rings (SSSR count). The third kappa shape index (κ3) is 101. The van der Waals surface area contributed by atoms with E-state index in [0.29, 0.717) is 0 Å². The predicted molar refractivity (Wildman–Crippen MR) is 32.7 cm³/mol. The van der Waals surface area contributed by atoms with Crippen LogP contribution in [-0.4, -0.2) is 12.8 Å². The molecule has 0 aromatic heterocycles. The van der Waals surface area contributed by atoms with Gasteiger partial charge in [-0.15, -0.1) is 0 Å². The minimum atomic E-state index is 0. The third-order valence-corrected chi connectivity index (χ3v) is 0.259. The van der Waals surface area contributed by atoms with Crippen LogP contribution in [0.25, 0.3) is 0 Å². The van der Waals surface area contributed by atoms with Gasteiger partial charge >= 0.3 is 0 Å². The standard InChI is InChI=1S/CHINO.CH2NO.Re/c2-3-1-4;2-1-3;/h(H,3,4);(H2,2,3);/q2*-1;. The number of amides is 2. The minimum Gasteiger partial charge on any atom is -0.543 e. The Morgan fingerprint density at radius 1 is 1.50 bits per heavy atom. The number of rotatable bonds is 1. The first-order valence-corrected chi connectivity index (χ1v) is 2.21. The van der Waals surface area contributed by atoms with Crippen molar-refractivity contribution in [2.24, 2.45) is 5.73 Å². The third-order valence-electron chi connectivity index (χ3n) is 0.0386. The topological polar surface area (TPSA) is 72.2 Å². The van der Waals surface area contributed by atoms with Gasteiger partial charge < -0.3 is 18.9 Å². The van der Waals surface area contributed by atoms with Crippen LogP contribution < -0.4 is 9.26 Å². The van der Waals surface area contributed by atoms with Crippen molar-refractivity contribution < 1.29 is 30.0 Å². The Bertz CT molecular complexity index is 53.3. The molecule has 0 saturated carbocycles. The van der Waals surface area contributed by atoms with E-state index >= 15 is 0 Å². The van der Waals surface area contributed by atoms with Crippen LogP contribution in [0.3, 0.4) is 0 Å². The fraction of sp³-hybridized carbons (Fsp3) is 0. The van der Waals surface area contributed by atoms with E-state index in [1.807, 2.05) is 0 Å². The molecule has 3 N–H and O–H groups in total. The van der Waals surface area contributed by atoms with E-state index in [-0.39, 0.29) is 20.4 Å². The molecule has 0 aliphatic carbocycles. The Hall–Kier alpha value is 0.332. The van der Waals surface area contributed by atoms with Crippen LogP contribution in [0.2, 0.25) is 0 Å². The molecule has 0 aromatic rings. The molecule has 49 valence electrons. The van der Waals surface area contributed by atoms with Gasteiger partial charge in [0.1, 0.15) is 0 Å². The smallest absolute Gasteiger partial charge is 0.0201 e. The maximum Gasteiger partial charge on any atom is 0.0201 e. The summed E-state index contributed by atoms with van der Waals surface area (Å²) in [4.78, 5) is 17.4. The maximum atomic E-state index is 8.93. The summed E-state index contributed by atoms with van der Waals surface area (Å²) in [6, 6.07) is 0. The average Bonchev–Trinajstić information content (AvgIpc) is 1.69. The molecule has 2 amide bonds. The zero-order chi connectivity index (χ0) is 6.12. The Kier molecular flexibility index (Phi) is 52.1. The molecule has 0 aliphatic heterocycles. The van der Waals surface area contributed by atoms with Crippen LogP contribution in [-0.2, 0) is 30.0 Å². The van der Waals surface area contributed by atoms with Gasteiger partial charge in [0.15, 0.2) is 0 Å². The van der Waals surface area contributed by atoms with Gasteiger partial charge in [-0.25, -0.2) is 0 Å². The molecule has 4 nitrogen and oxygen atoms in total. The second kappa shape index (κ2) is 26.5. The average molecular weight is 400 g/mol. The van der Waals surface area contributed by atoms with Crippen LogP contribution >= 0.6 is 22.9 Å². The molecule has 0 atom stereocenters. The predicted octanol–water partition coefficient (Wildman–Crippen LogP) is -0.997. The van der Waals surface area contributed by atoms with Crippen LogP contribution in [0.15, 0.2) is 0 Å². The summed E-state index contributed by atoms with van der Waals surface area (Å²) in [6.07, 6.45) is 2.42. The molecule has 8 heavy (non-hydrogen) atoms.